The van der Waals surface area contributed by atoms with E-state index in [1.165, 1.54) is 0 Å². The minimum Gasteiger partial charge on any atom is -0.337 e. The molecule has 0 spiro atoms. The molecule has 0 atom stereocenters. The fourth-order valence-electron chi connectivity index (χ4n) is 2.19. The molecule has 1 aromatic heterocycles. The quantitative estimate of drug-likeness (QED) is 0.668. The zero-order valence-electron chi connectivity index (χ0n) is 13.2. The van der Waals surface area contributed by atoms with E-state index in [-0.39, 0.29) is 11.6 Å². The summed E-state index contributed by atoms with van der Waals surface area (Å²) < 4.78 is 0. The van der Waals surface area contributed by atoms with Crippen molar-refractivity contribution in [3.63, 3.8) is 0 Å². The zero-order valence-corrected chi connectivity index (χ0v) is 14.0. The first-order chi connectivity index (χ1) is 11.5. The van der Waals surface area contributed by atoms with Crippen molar-refractivity contribution >= 4 is 34.7 Å². The van der Waals surface area contributed by atoms with E-state index in [0.29, 0.717) is 16.5 Å². The molecule has 1 amide bonds. The Morgan fingerprint density at radius 2 is 1.88 bits per heavy atom. The van der Waals surface area contributed by atoms with Gasteiger partial charge in [-0.1, -0.05) is 23.7 Å². The maximum Gasteiger partial charge on any atom is 0.280 e. The third kappa shape index (κ3) is 3.55. The predicted molar refractivity (Wildman–Crippen MR) is 95.0 cm³/mol. The Labute approximate surface area is 144 Å². The molecule has 1 heterocycles. The largest absolute Gasteiger partial charge is 0.337 e. The van der Waals surface area contributed by atoms with Gasteiger partial charge in [-0.15, -0.1) is 10.2 Å². The first-order valence-corrected chi connectivity index (χ1v) is 7.72. The Morgan fingerprint density at radius 1 is 1.04 bits per heavy atom. The maximum atomic E-state index is 12.4. The number of aromatic amines is 1. The van der Waals surface area contributed by atoms with Crippen LogP contribution >= 0.6 is 11.6 Å². The standard InChI is InChI=1S/C17H16ClN5O/c1-10-6-7-14(8-11(10)2)20-17(24)15-16(22-23-21-15)19-13-5-3-4-12(18)9-13/h3-9H,1-2H3,(H,20,24)(H2,19,21,22,23). The van der Waals surface area contributed by atoms with Crippen LogP contribution in [0.2, 0.25) is 5.02 Å². The average Bonchev–Trinajstić information content (AvgIpc) is 2.99. The number of aryl methyl sites for hydroxylation is 2. The molecule has 122 valence electrons. The van der Waals surface area contributed by atoms with E-state index in [4.69, 9.17) is 11.6 Å². The summed E-state index contributed by atoms with van der Waals surface area (Å²) in [4.78, 5) is 12.4. The minimum atomic E-state index is -0.350. The highest BCUT2D eigenvalue weighted by atomic mass is 35.5. The molecule has 3 aromatic rings. The topological polar surface area (TPSA) is 82.7 Å². The lowest BCUT2D eigenvalue weighted by Gasteiger charge is -2.08. The van der Waals surface area contributed by atoms with Crippen molar-refractivity contribution in [2.75, 3.05) is 10.6 Å². The lowest BCUT2D eigenvalue weighted by Crippen LogP contribution is -2.14. The number of H-pyrrole nitrogens is 1. The highest BCUT2D eigenvalue weighted by molar-refractivity contribution is 6.30. The van der Waals surface area contributed by atoms with E-state index in [2.05, 4.69) is 26.0 Å². The van der Waals surface area contributed by atoms with Crippen molar-refractivity contribution < 1.29 is 4.79 Å². The molecule has 6 nitrogen and oxygen atoms in total. The number of hydrogen-bond acceptors (Lipinski definition) is 4. The van der Waals surface area contributed by atoms with E-state index in [1.54, 1.807) is 18.2 Å². The number of carbonyl (C=O) groups is 1. The first kappa shape index (κ1) is 16.0. The molecule has 3 rings (SSSR count). The fourth-order valence-corrected chi connectivity index (χ4v) is 2.38. The van der Waals surface area contributed by atoms with Crippen LogP contribution in [0.15, 0.2) is 42.5 Å². The zero-order chi connectivity index (χ0) is 17.1. The number of amides is 1. The van der Waals surface area contributed by atoms with E-state index in [0.717, 1.165) is 16.8 Å². The van der Waals surface area contributed by atoms with Gasteiger partial charge in [0.25, 0.3) is 5.91 Å². The smallest absolute Gasteiger partial charge is 0.280 e. The van der Waals surface area contributed by atoms with Gasteiger partial charge < -0.3 is 10.6 Å². The molecule has 0 radical (unpaired) electrons. The molecule has 0 aliphatic carbocycles. The third-order valence-electron chi connectivity index (χ3n) is 3.62. The van der Waals surface area contributed by atoms with E-state index in [1.807, 2.05) is 38.1 Å². The van der Waals surface area contributed by atoms with Crippen molar-refractivity contribution in [3.8, 4) is 0 Å². The minimum absolute atomic E-state index is 0.174. The van der Waals surface area contributed by atoms with Gasteiger partial charge in [0.15, 0.2) is 11.5 Å². The van der Waals surface area contributed by atoms with E-state index >= 15 is 0 Å². The normalized spacial score (nSPS) is 10.5. The molecule has 0 unspecified atom stereocenters. The lowest BCUT2D eigenvalue weighted by molar-refractivity contribution is 0.102. The molecular weight excluding hydrogens is 326 g/mol. The maximum absolute atomic E-state index is 12.4. The SMILES string of the molecule is Cc1ccc(NC(=O)c2n[nH]nc2Nc2cccc(Cl)c2)cc1C. The number of hydrogen-bond donors (Lipinski definition) is 3. The van der Waals surface area contributed by atoms with Gasteiger partial charge in [-0.05, 0) is 55.3 Å². The average molecular weight is 342 g/mol. The summed E-state index contributed by atoms with van der Waals surface area (Å²) in [7, 11) is 0. The van der Waals surface area contributed by atoms with Crippen LogP contribution in [0.1, 0.15) is 21.6 Å². The second-order valence-corrected chi connectivity index (χ2v) is 5.85. The molecule has 0 fully saturated rings. The van der Waals surface area contributed by atoms with Crippen LogP contribution < -0.4 is 10.6 Å². The van der Waals surface area contributed by atoms with E-state index < -0.39 is 0 Å². The summed E-state index contributed by atoms with van der Waals surface area (Å²) in [6.45, 7) is 4.01. The molecule has 2 aromatic carbocycles. The number of aromatic nitrogens is 3. The van der Waals surface area contributed by atoms with Crippen LogP contribution in [0, 0.1) is 13.8 Å². The summed E-state index contributed by atoms with van der Waals surface area (Å²) in [5.74, 6) is -0.0184. The van der Waals surface area contributed by atoms with Crippen molar-refractivity contribution in [2.45, 2.75) is 13.8 Å². The summed E-state index contributed by atoms with van der Waals surface area (Å²) in [5.41, 5.74) is 3.87. The summed E-state index contributed by atoms with van der Waals surface area (Å²) in [6, 6.07) is 12.9. The Morgan fingerprint density at radius 3 is 2.62 bits per heavy atom. The number of nitrogens with one attached hydrogen (secondary N) is 3. The lowest BCUT2D eigenvalue weighted by atomic mass is 10.1. The monoisotopic (exact) mass is 341 g/mol. The van der Waals surface area contributed by atoms with E-state index in [9.17, 15) is 4.79 Å². The number of nitrogens with zero attached hydrogens (tertiary/aromatic N) is 2. The summed E-state index contributed by atoms with van der Waals surface area (Å²) in [6.07, 6.45) is 0. The highest BCUT2D eigenvalue weighted by Gasteiger charge is 2.17. The van der Waals surface area contributed by atoms with Crippen molar-refractivity contribution in [2.24, 2.45) is 0 Å². The predicted octanol–water partition coefficient (Wildman–Crippen LogP) is 4.07. The van der Waals surface area contributed by atoms with Crippen LogP contribution in [0.25, 0.3) is 0 Å². The number of rotatable bonds is 4. The second kappa shape index (κ2) is 6.72. The van der Waals surface area contributed by atoms with Gasteiger partial charge in [0.05, 0.1) is 0 Å². The van der Waals surface area contributed by atoms with Crippen LogP contribution in [0.4, 0.5) is 17.2 Å². The van der Waals surface area contributed by atoms with Crippen LogP contribution in [0.3, 0.4) is 0 Å². The molecule has 24 heavy (non-hydrogen) atoms. The van der Waals surface area contributed by atoms with Crippen LogP contribution in [0.5, 0.6) is 0 Å². The molecule has 3 N–H and O–H groups in total. The molecule has 7 heteroatoms. The van der Waals surface area contributed by atoms with Gasteiger partial charge >= 0.3 is 0 Å². The van der Waals surface area contributed by atoms with Gasteiger partial charge in [0.2, 0.25) is 0 Å². The molecule has 0 aliphatic heterocycles. The summed E-state index contributed by atoms with van der Waals surface area (Å²) in [5, 5.41) is 16.8. The molecular formula is C17H16ClN5O. The number of halogens is 1. The van der Waals surface area contributed by atoms with Crippen LogP contribution in [-0.2, 0) is 0 Å². The first-order valence-electron chi connectivity index (χ1n) is 7.35. The number of carbonyl (C=O) groups excluding carboxylic acids is 1. The van der Waals surface area contributed by atoms with Gasteiger partial charge in [-0.2, -0.15) is 5.21 Å². The Balaban J connectivity index is 1.78. The third-order valence-corrected chi connectivity index (χ3v) is 3.85. The van der Waals surface area contributed by atoms with Crippen molar-refractivity contribution in [1.29, 1.82) is 0 Å². The molecule has 0 bridgehead atoms. The van der Waals surface area contributed by atoms with Crippen molar-refractivity contribution in [1.82, 2.24) is 15.4 Å². The van der Waals surface area contributed by atoms with Crippen molar-refractivity contribution in [3.05, 3.63) is 64.3 Å². The number of benzene rings is 2. The summed E-state index contributed by atoms with van der Waals surface area (Å²) >= 11 is 5.96. The molecule has 0 saturated carbocycles. The number of anilines is 3. The fraction of sp³-hybridized carbons (Fsp3) is 0.118. The Kier molecular flexibility index (Phi) is 4.48. The highest BCUT2D eigenvalue weighted by Crippen LogP contribution is 2.21. The van der Waals surface area contributed by atoms with Gasteiger partial charge in [-0.3, -0.25) is 4.79 Å². The van der Waals surface area contributed by atoms with Gasteiger partial charge in [0, 0.05) is 16.4 Å². The molecule has 0 aliphatic rings. The second-order valence-electron chi connectivity index (χ2n) is 5.41. The molecule has 0 saturated heterocycles. The Bertz CT molecular complexity index is 890. The Hall–Kier alpha value is -2.86. The van der Waals surface area contributed by atoms with Crippen LogP contribution in [-0.4, -0.2) is 21.3 Å². The van der Waals surface area contributed by atoms with Gasteiger partial charge in [0.1, 0.15) is 0 Å². The van der Waals surface area contributed by atoms with Gasteiger partial charge in [-0.25, -0.2) is 0 Å².